The maximum atomic E-state index is 4.11. The first-order valence-electron chi connectivity index (χ1n) is 17.8. The standard InChI is InChI=1S/C37H73N/c1-6-11-14-17-20-25-30-37(31-26-21-18-15-12-7-2)35-36(10-5)29-24-22-19-23-28-34-38(32-9-4)33-27-16-13-8-3/h37H,5-9,11-35H2,1-4H3. The fourth-order valence-corrected chi connectivity index (χ4v) is 6.00. The molecule has 0 N–H and O–H groups in total. The summed E-state index contributed by atoms with van der Waals surface area (Å²) in [6.07, 6.45) is 36.2. The Morgan fingerprint density at radius 1 is 0.500 bits per heavy atom. The summed E-state index contributed by atoms with van der Waals surface area (Å²) in [5.74, 6) is 0.874. The predicted octanol–water partition coefficient (Wildman–Crippen LogP) is 12.8. The maximum absolute atomic E-state index is 4.11. The van der Waals surface area contributed by atoms with Crippen LogP contribution in [-0.2, 0) is 0 Å². The van der Waals surface area contributed by atoms with E-state index in [9.17, 15) is 0 Å². The third kappa shape index (κ3) is 25.7. The first kappa shape index (κ1) is 37.5. The van der Waals surface area contributed by atoms with Gasteiger partial charge in [-0.1, -0.05) is 163 Å². The van der Waals surface area contributed by atoms with Gasteiger partial charge in [-0.2, -0.15) is 0 Å². The Kier molecular flexibility index (Phi) is 30.6. The third-order valence-electron chi connectivity index (χ3n) is 8.54. The summed E-state index contributed by atoms with van der Waals surface area (Å²) in [5, 5.41) is 0. The Labute approximate surface area is 242 Å². The lowest BCUT2D eigenvalue weighted by Gasteiger charge is -2.21. The second kappa shape index (κ2) is 31.0. The van der Waals surface area contributed by atoms with Crippen molar-refractivity contribution < 1.29 is 0 Å². The van der Waals surface area contributed by atoms with Gasteiger partial charge in [-0.25, -0.2) is 0 Å². The SMILES string of the molecule is C=C=C(CCCCCCCN(CCC)CCCCCC)CC(CCCCCCCC)CCCCCCCC. The van der Waals surface area contributed by atoms with Crippen LogP contribution in [0.25, 0.3) is 0 Å². The minimum atomic E-state index is 0.874. The first-order valence-corrected chi connectivity index (χ1v) is 17.8. The van der Waals surface area contributed by atoms with Crippen molar-refractivity contribution in [1.82, 2.24) is 4.90 Å². The van der Waals surface area contributed by atoms with Crippen LogP contribution < -0.4 is 0 Å². The molecule has 0 bridgehead atoms. The van der Waals surface area contributed by atoms with Crippen LogP contribution in [0.15, 0.2) is 17.9 Å². The van der Waals surface area contributed by atoms with Crippen LogP contribution in [0.2, 0.25) is 0 Å². The monoisotopic (exact) mass is 532 g/mol. The Morgan fingerprint density at radius 3 is 1.39 bits per heavy atom. The van der Waals surface area contributed by atoms with E-state index in [0.29, 0.717) is 0 Å². The maximum Gasteiger partial charge on any atom is -0.00187 e. The van der Waals surface area contributed by atoms with Crippen LogP contribution in [0, 0.1) is 5.92 Å². The lowest BCUT2D eigenvalue weighted by Crippen LogP contribution is -2.26. The van der Waals surface area contributed by atoms with E-state index in [-0.39, 0.29) is 0 Å². The Morgan fingerprint density at radius 2 is 0.921 bits per heavy atom. The molecular weight excluding hydrogens is 458 g/mol. The summed E-state index contributed by atoms with van der Waals surface area (Å²) in [5.41, 5.74) is 4.92. The summed E-state index contributed by atoms with van der Waals surface area (Å²) in [6, 6.07) is 0. The van der Waals surface area contributed by atoms with Crippen molar-refractivity contribution in [3.8, 4) is 0 Å². The van der Waals surface area contributed by atoms with Gasteiger partial charge in [0.15, 0.2) is 0 Å². The molecular formula is C37H73N. The molecule has 0 fully saturated rings. The van der Waals surface area contributed by atoms with Crippen LogP contribution in [-0.4, -0.2) is 24.5 Å². The van der Waals surface area contributed by atoms with Gasteiger partial charge in [-0.3, -0.25) is 0 Å². The minimum absolute atomic E-state index is 0.874. The van der Waals surface area contributed by atoms with Gasteiger partial charge in [0.1, 0.15) is 0 Å². The number of nitrogens with zero attached hydrogens (tertiary/aromatic N) is 1. The number of unbranched alkanes of at least 4 members (excludes halogenated alkanes) is 17. The van der Waals surface area contributed by atoms with E-state index in [2.05, 4.69) is 44.9 Å². The van der Waals surface area contributed by atoms with Crippen molar-refractivity contribution in [1.29, 1.82) is 0 Å². The fourth-order valence-electron chi connectivity index (χ4n) is 6.00. The van der Waals surface area contributed by atoms with Gasteiger partial charge >= 0.3 is 0 Å². The predicted molar refractivity (Wildman–Crippen MR) is 175 cm³/mol. The summed E-state index contributed by atoms with van der Waals surface area (Å²) >= 11 is 0. The van der Waals surface area contributed by atoms with Crippen LogP contribution in [0.4, 0.5) is 0 Å². The number of hydrogen-bond donors (Lipinski definition) is 0. The van der Waals surface area contributed by atoms with Crippen LogP contribution in [0.5, 0.6) is 0 Å². The molecule has 0 atom stereocenters. The topological polar surface area (TPSA) is 3.24 Å². The van der Waals surface area contributed by atoms with Gasteiger partial charge in [0.25, 0.3) is 0 Å². The molecule has 0 amide bonds. The highest BCUT2D eigenvalue weighted by Gasteiger charge is 2.12. The number of allylic oxidation sites excluding steroid dienone is 1. The van der Waals surface area contributed by atoms with Crippen molar-refractivity contribution in [3.63, 3.8) is 0 Å². The van der Waals surface area contributed by atoms with Crippen molar-refractivity contribution >= 4 is 0 Å². The zero-order chi connectivity index (χ0) is 27.9. The normalized spacial score (nSPS) is 11.5. The van der Waals surface area contributed by atoms with Gasteiger partial charge < -0.3 is 4.90 Å². The summed E-state index contributed by atoms with van der Waals surface area (Å²) in [6.45, 7) is 17.3. The van der Waals surface area contributed by atoms with Crippen LogP contribution >= 0.6 is 0 Å². The van der Waals surface area contributed by atoms with Crippen molar-refractivity contribution in [2.45, 2.75) is 195 Å². The zero-order valence-electron chi connectivity index (χ0n) is 27.2. The molecule has 226 valence electrons. The summed E-state index contributed by atoms with van der Waals surface area (Å²) in [4.78, 5) is 2.72. The van der Waals surface area contributed by atoms with E-state index < -0.39 is 0 Å². The Balaban J connectivity index is 4.22. The third-order valence-corrected chi connectivity index (χ3v) is 8.54. The Hall–Kier alpha value is -0.520. The second-order valence-electron chi connectivity index (χ2n) is 12.4. The van der Waals surface area contributed by atoms with E-state index in [1.807, 2.05) is 0 Å². The molecule has 1 heteroatoms. The van der Waals surface area contributed by atoms with Gasteiger partial charge in [-0.15, -0.1) is 5.73 Å². The Bertz CT molecular complexity index is 487. The molecule has 0 spiro atoms. The summed E-state index contributed by atoms with van der Waals surface area (Å²) in [7, 11) is 0. The van der Waals surface area contributed by atoms with Gasteiger partial charge in [-0.05, 0) is 69.7 Å². The van der Waals surface area contributed by atoms with Crippen LogP contribution in [0.1, 0.15) is 195 Å². The molecule has 0 aromatic heterocycles. The molecule has 0 aromatic rings. The fraction of sp³-hybridized carbons (Fsp3) is 0.919. The lowest BCUT2D eigenvalue weighted by atomic mass is 9.87. The van der Waals surface area contributed by atoms with Crippen molar-refractivity contribution in [3.05, 3.63) is 17.9 Å². The largest absolute Gasteiger partial charge is 0.303 e. The molecule has 38 heavy (non-hydrogen) atoms. The molecule has 1 nitrogen and oxygen atoms in total. The summed E-state index contributed by atoms with van der Waals surface area (Å²) < 4.78 is 0. The smallest absolute Gasteiger partial charge is 0.00187 e. The lowest BCUT2D eigenvalue weighted by molar-refractivity contribution is 0.261. The first-order chi connectivity index (χ1) is 18.7. The molecule has 0 saturated carbocycles. The average molecular weight is 532 g/mol. The van der Waals surface area contributed by atoms with E-state index in [1.165, 1.54) is 192 Å². The molecule has 0 unspecified atom stereocenters. The average Bonchev–Trinajstić information content (AvgIpc) is 2.93. The highest BCUT2D eigenvalue weighted by Crippen LogP contribution is 2.27. The second-order valence-corrected chi connectivity index (χ2v) is 12.4. The number of rotatable bonds is 31. The van der Waals surface area contributed by atoms with Gasteiger partial charge in [0, 0.05) is 0 Å². The van der Waals surface area contributed by atoms with E-state index in [0.717, 1.165) is 5.92 Å². The van der Waals surface area contributed by atoms with Crippen molar-refractivity contribution in [2.24, 2.45) is 5.92 Å². The molecule has 0 aliphatic carbocycles. The number of hydrogen-bond acceptors (Lipinski definition) is 1. The molecule has 0 aliphatic heterocycles. The van der Waals surface area contributed by atoms with E-state index in [4.69, 9.17) is 0 Å². The van der Waals surface area contributed by atoms with Gasteiger partial charge in [0.05, 0.1) is 0 Å². The molecule has 0 radical (unpaired) electrons. The van der Waals surface area contributed by atoms with E-state index >= 15 is 0 Å². The van der Waals surface area contributed by atoms with Crippen LogP contribution in [0.3, 0.4) is 0 Å². The van der Waals surface area contributed by atoms with E-state index in [1.54, 1.807) is 0 Å². The molecule has 0 aromatic carbocycles. The molecule has 0 saturated heterocycles. The highest BCUT2D eigenvalue weighted by molar-refractivity contribution is 5.00. The highest BCUT2D eigenvalue weighted by atomic mass is 15.1. The van der Waals surface area contributed by atoms with Crippen molar-refractivity contribution in [2.75, 3.05) is 19.6 Å². The van der Waals surface area contributed by atoms with Gasteiger partial charge in [0.2, 0.25) is 0 Å². The quantitative estimate of drug-likeness (QED) is 0.0635. The molecule has 0 rings (SSSR count). The zero-order valence-corrected chi connectivity index (χ0v) is 27.2. The molecule has 0 aliphatic rings. The minimum Gasteiger partial charge on any atom is -0.303 e. The molecule has 0 heterocycles.